The maximum Gasteiger partial charge on any atom is 0.256 e. The van der Waals surface area contributed by atoms with Crippen LogP contribution in [0.5, 0.6) is 0 Å². The highest BCUT2D eigenvalue weighted by Crippen LogP contribution is 2.22. The van der Waals surface area contributed by atoms with E-state index in [1.807, 2.05) is 30.1 Å². The number of aromatic nitrogens is 1. The van der Waals surface area contributed by atoms with Gasteiger partial charge in [0.1, 0.15) is 0 Å². The van der Waals surface area contributed by atoms with Gasteiger partial charge in [-0.3, -0.25) is 4.79 Å². The van der Waals surface area contributed by atoms with Gasteiger partial charge in [-0.15, -0.1) is 0 Å². The van der Waals surface area contributed by atoms with Crippen LogP contribution < -0.4 is 5.73 Å². The number of nitrogens with zero attached hydrogens (tertiary/aromatic N) is 1. The number of fused-ring (bicyclic) bond motifs is 1. The van der Waals surface area contributed by atoms with E-state index in [1.54, 1.807) is 18.0 Å². The van der Waals surface area contributed by atoms with Gasteiger partial charge in [0.25, 0.3) is 5.91 Å². The molecule has 0 saturated heterocycles. The van der Waals surface area contributed by atoms with Crippen LogP contribution in [0.2, 0.25) is 0 Å². The minimum atomic E-state index is 0.0506. The maximum absolute atomic E-state index is 12.6. The van der Waals surface area contributed by atoms with E-state index in [9.17, 15) is 4.79 Å². The number of anilines is 1. The van der Waals surface area contributed by atoms with Crippen LogP contribution in [0.15, 0.2) is 24.4 Å². The highest BCUT2D eigenvalue weighted by atomic mass is 32.2. The molecule has 2 aromatic rings. The van der Waals surface area contributed by atoms with E-state index in [-0.39, 0.29) is 11.9 Å². The molecule has 0 aliphatic carbocycles. The summed E-state index contributed by atoms with van der Waals surface area (Å²) in [6.45, 7) is 2.08. The summed E-state index contributed by atoms with van der Waals surface area (Å²) in [6.07, 6.45) is 4.85. The zero-order valence-corrected chi connectivity index (χ0v) is 13.0. The number of aromatic amines is 1. The van der Waals surface area contributed by atoms with Crippen LogP contribution in [-0.2, 0) is 0 Å². The van der Waals surface area contributed by atoms with Crippen LogP contribution in [0.1, 0.15) is 23.7 Å². The number of hydrogen-bond acceptors (Lipinski definition) is 3. The SMILES string of the molecule is CSCCC(C)N(C)C(=O)c1c[nH]c2cc(N)ccc12. The van der Waals surface area contributed by atoms with Gasteiger partial charge in [-0.05, 0) is 43.6 Å². The number of carbonyl (C=O) groups is 1. The van der Waals surface area contributed by atoms with Gasteiger partial charge in [0.05, 0.1) is 5.56 Å². The first-order chi connectivity index (χ1) is 9.54. The van der Waals surface area contributed by atoms with Gasteiger partial charge in [0, 0.05) is 35.9 Å². The average Bonchev–Trinajstić information content (AvgIpc) is 2.85. The molecule has 0 aliphatic rings. The lowest BCUT2D eigenvalue weighted by Crippen LogP contribution is -2.35. The van der Waals surface area contributed by atoms with Gasteiger partial charge in [-0.2, -0.15) is 11.8 Å². The number of hydrogen-bond donors (Lipinski definition) is 2. The highest BCUT2D eigenvalue weighted by Gasteiger charge is 2.20. The normalized spacial score (nSPS) is 12.6. The van der Waals surface area contributed by atoms with E-state index in [0.29, 0.717) is 11.3 Å². The molecule has 0 radical (unpaired) electrons. The van der Waals surface area contributed by atoms with E-state index >= 15 is 0 Å². The molecule has 1 heterocycles. The van der Waals surface area contributed by atoms with Gasteiger partial charge in [-0.25, -0.2) is 0 Å². The molecule has 5 heteroatoms. The van der Waals surface area contributed by atoms with Gasteiger partial charge in [0.2, 0.25) is 0 Å². The first kappa shape index (κ1) is 14.8. The fourth-order valence-corrected chi connectivity index (χ4v) is 2.77. The molecule has 0 aliphatic heterocycles. The largest absolute Gasteiger partial charge is 0.399 e. The summed E-state index contributed by atoms with van der Waals surface area (Å²) in [6, 6.07) is 5.80. The molecule has 0 spiro atoms. The third-order valence-corrected chi connectivity index (χ3v) is 4.30. The summed E-state index contributed by atoms with van der Waals surface area (Å²) in [5, 5.41) is 0.924. The predicted octanol–water partition coefficient (Wildman–Crippen LogP) is 2.96. The molecular weight excluding hydrogens is 270 g/mol. The summed E-state index contributed by atoms with van der Waals surface area (Å²) < 4.78 is 0. The van der Waals surface area contributed by atoms with Crippen molar-refractivity contribution in [3.8, 4) is 0 Å². The number of rotatable bonds is 5. The van der Waals surface area contributed by atoms with E-state index in [2.05, 4.69) is 18.2 Å². The molecule has 1 unspecified atom stereocenters. The second-order valence-electron chi connectivity index (χ2n) is 5.05. The van der Waals surface area contributed by atoms with E-state index in [1.165, 1.54) is 0 Å². The van der Waals surface area contributed by atoms with Crippen LogP contribution in [0.3, 0.4) is 0 Å². The molecule has 0 bridgehead atoms. The minimum Gasteiger partial charge on any atom is -0.399 e. The average molecular weight is 291 g/mol. The summed E-state index contributed by atoms with van der Waals surface area (Å²) >= 11 is 1.80. The standard InChI is InChI=1S/C15H21N3OS/c1-10(6-7-20-3)18(2)15(19)13-9-17-14-8-11(16)4-5-12(13)14/h4-5,8-10,17H,6-7,16H2,1-3H3. The monoisotopic (exact) mass is 291 g/mol. The van der Waals surface area contributed by atoms with Crippen LogP contribution in [0, 0.1) is 0 Å². The lowest BCUT2D eigenvalue weighted by atomic mass is 10.1. The molecule has 2 rings (SSSR count). The van der Waals surface area contributed by atoms with Crippen molar-refractivity contribution >= 4 is 34.3 Å². The number of nitrogen functional groups attached to an aromatic ring is 1. The van der Waals surface area contributed by atoms with E-state index < -0.39 is 0 Å². The quantitative estimate of drug-likeness (QED) is 0.833. The molecule has 20 heavy (non-hydrogen) atoms. The molecule has 3 N–H and O–H groups in total. The zero-order valence-electron chi connectivity index (χ0n) is 12.1. The number of thioether (sulfide) groups is 1. The van der Waals surface area contributed by atoms with Crippen LogP contribution in [0.4, 0.5) is 5.69 Å². The molecule has 1 aromatic carbocycles. The highest BCUT2D eigenvalue weighted by molar-refractivity contribution is 7.98. The Morgan fingerprint density at radius 3 is 2.95 bits per heavy atom. The third kappa shape index (κ3) is 2.93. The molecule has 0 fully saturated rings. The lowest BCUT2D eigenvalue weighted by Gasteiger charge is -2.24. The number of nitrogens with one attached hydrogen (secondary N) is 1. The number of H-pyrrole nitrogens is 1. The van der Waals surface area contributed by atoms with Crippen molar-refractivity contribution in [2.24, 2.45) is 0 Å². The van der Waals surface area contributed by atoms with Gasteiger partial charge < -0.3 is 15.6 Å². The summed E-state index contributed by atoms with van der Waals surface area (Å²) in [5.74, 6) is 1.11. The predicted molar refractivity (Wildman–Crippen MR) is 87.3 cm³/mol. The van der Waals surface area contributed by atoms with Gasteiger partial charge >= 0.3 is 0 Å². The molecule has 1 atom stereocenters. The lowest BCUT2D eigenvalue weighted by molar-refractivity contribution is 0.0743. The third-order valence-electron chi connectivity index (χ3n) is 3.66. The fourth-order valence-electron chi connectivity index (χ4n) is 2.19. The fraction of sp³-hybridized carbons (Fsp3) is 0.400. The number of benzene rings is 1. The van der Waals surface area contributed by atoms with Gasteiger partial charge in [-0.1, -0.05) is 0 Å². The van der Waals surface area contributed by atoms with Gasteiger partial charge in [0.15, 0.2) is 0 Å². The Bertz CT molecular complexity index is 608. The first-order valence-corrected chi connectivity index (χ1v) is 8.06. The first-order valence-electron chi connectivity index (χ1n) is 6.67. The summed E-state index contributed by atoms with van der Waals surface area (Å²) in [4.78, 5) is 17.5. The number of nitrogens with two attached hydrogens (primary N) is 1. The summed E-state index contributed by atoms with van der Waals surface area (Å²) in [7, 11) is 1.86. The van der Waals surface area contributed by atoms with Crippen LogP contribution >= 0.6 is 11.8 Å². The van der Waals surface area contributed by atoms with Crippen LogP contribution in [0.25, 0.3) is 10.9 Å². The van der Waals surface area contributed by atoms with Crippen molar-refractivity contribution in [2.45, 2.75) is 19.4 Å². The van der Waals surface area contributed by atoms with Crippen molar-refractivity contribution in [1.29, 1.82) is 0 Å². The Morgan fingerprint density at radius 1 is 1.50 bits per heavy atom. The maximum atomic E-state index is 12.6. The second kappa shape index (κ2) is 6.22. The van der Waals surface area contributed by atoms with Crippen molar-refractivity contribution in [1.82, 2.24) is 9.88 Å². The molecule has 1 aromatic heterocycles. The molecule has 0 saturated carbocycles. The topological polar surface area (TPSA) is 62.1 Å². The zero-order chi connectivity index (χ0) is 14.7. The molecule has 1 amide bonds. The Labute approximate surface area is 123 Å². The van der Waals surface area contributed by atoms with Crippen molar-refractivity contribution < 1.29 is 4.79 Å². The number of amides is 1. The Kier molecular flexibility index (Phi) is 4.60. The van der Waals surface area contributed by atoms with Crippen LogP contribution in [-0.4, -0.2) is 40.9 Å². The molecule has 4 nitrogen and oxygen atoms in total. The van der Waals surface area contributed by atoms with Crippen molar-refractivity contribution in [3.05, 3.63) is 30.0 Å². The minimum absolute atomic E-state index is 0.0506. The molecule has 108 valence electrons. The van der Waals surface area contributed by atoms with Crippen molar-refractivity contribution in [2.75, 3.05) is 24.8 Å². The molecular formula is C15H21N3OS. The van der Waals surface area contributed by atoms with E-state index in [0.717, 1.165) is 23.1 Å². The Balaban J connectivity index is 2.22. The van der Waals surface area contributed by atoms with Crippen molar-refractivity contribution in [3.63, 3.8) is 0 Å². The van der Waals surface area contributed by atoms with E-state index in [4.69, 9.17) is 5.73 Å². The summed E-state index contributed by atoms with van der Waals surface area (Å²) in [5.41, 5.74) is 8.06. The smallest absolute Gasteiger partial charge is 0.256 e. The Morgan fingerprint density at radius 2 is 2.25 bits per heavy atom. The second-order valence-corrected chi connectivity index (χ2v) is 6.04. The number of carbonyl (C=O) groups excluding carboxylic acids is 1. The Hall–Kier alpha value is -1.62.